The quantitative estimate of drug-likeness (QED) is 0.398. The number of nitrogens with zero attached hydrogens (tertiary/aromatic N) is 2. The summed E-state index contributed by atoms with van der Waals surface area (Å²) >= 11 is 0. The van der Waals surface area contributed by atoms with Crippen LogP contribution in [-0.2, 0) is 26.2 Å². The van der Waals surface area contributed by atoms with Crippen molar-refractivity contribution in [3.05, 3.63) is 89.5 Å². The van der Waals surface area contributed by atoms with E-state index in [-0.39, 0.29) is 17.3 Å². The van der Waals surface area contributed by atoms with Gasteiger partial charge in [0.2, 0.25) is 11.8 Å². The van der Waals surface area contributed by atoms with E-state index < -0.39 is 28.5 Å². The average molecular weight is 538 g/mol. The number of nitrogens with one attached hydrogen (secondary N) is 1. The van der Waals surface area contributed by atoms with E-state index in [1.165, 1.54) is 24.1 Å². The molecular formula is C29H35N3O5S. The van der Waals surface area contributed by atoms with Crippen molar-refractivity contribution in [3.8, 4) is 5.75 Å². The molecule has 3 rings (SSSR count). The van der Waals surface area contributed by atoms with Crippen molar-refractivity contribution in [2.45, 2.75) is 44.7 Å². The van der Waals surface area contributed by atoms with Gasteiger partial charge in [0.25, 0.3) is 10.0 Å². The van der Waals surface area contributed by atoms with E-state index in [9.17, 15) is 18.0 Å². The lowest BCUT2D eigenvalue weighted by Gasteiger charge is -2.33. The highest BCUT2D eigenvalue weighted by Crippen LogP contribution is 2.28. The van der Waals surface area contributed by atoms with Gasteiger partial charge in [-0.05, 0) is 61.7 Å². The van der Waals surface area contributed by atoms with Crippen LogP contribution in [0.1, 0.15) is 30.0 Å². The zero-order chi connectivity index (χ0) is 27.9. The van der Waals surface area contributed by atoms with E-state index in [2.05, 4.69) is 5.32 Å². The van der Waals surface area contributed by atoms with Gasteiger partial charge in [0.05, 0.1) is 17.7 Å². The predicted molar refractivity (Wildman–Crippen MR) is 149 cm³/mol. The van der Waals surface area contributed by atoms with Gasteiger partial charge in [-0.3, -0.25) is 13.9 Å². The van der Waals surface area contributed by atoms with Gasteiger partial charge in [-0.15, -0.1) is 0 Å². The Morgan fingerprint density at radius 3 is 2.29 bits per heavy atom. The highest BCUT2D eigenvalue weighted by atomic mass is 32.2. The molecule has 0 aliphatic rings. The lowest BCUT2D eigenvalue weighted by atomic mass is 10.1. The van der Waals surface area contributed by atoms with E-state index >= 15 is 0 Å². The van der Waals surface area contributed by atoms with Crippen molar-refractivity contribution < 1.29 is 22.7 Å². The van der Waals surface area contributed by atoms with Gasteiger partial charge in [0.1, 0.15) is 18.3 Å². The molecule has 0 spiro atoms. The zero-order valence-corrected chi connectivity index (χ0v) is 23.3. The highest BCUT2D eigenvalue weighted by molar-refractivity contribution is 7.92. The van der Waals surface area contributed by atoms with Crippen molar-refractivity contribution in [3.63, 3.8) is 0 Å². The number of hydrogen-bond donors (Lipinski definition) is 1. The third kappa shape index (κ3) is 6.52. The van der Waals surface area contributed by atoms with Crippen LogP contribution in [0, 0.1) is 13.8 Å². The summed E-state index contributed by atoms with van der Waals surface area (Å²) in [5.41, 5.74) is 2.85. The summed E-state index contributed by atoms with van der Waals surface area (Å²) in [6, 6.07) is 19.9. The Bertz CT molecular complexity index is 1380. The molecule has 0 aliphatic heterocycles. The Morgan fingerprint density at radius 2 is 1.68 bits per heavy atom. The van der Waals surface area contributed by atoms with Gasteiger partial charge < -0.3 is 15.0 Å². The first-order valence-electron chi connectivity index (χ1n) is 12.4. The lowest BCUT2D eigenvalue weighted by Crippen LogP contribution is -2.51. The number of carbonyl (C=O) groups excluding carboxylic acids is 2. The standard InChI is InChI=1S/C29H35N3O5S/c1-6-26(29(34)30-4)31(19-23-11-10-12-24(18-23)37-5)28(33)20-32(27-16-15-21(2)17-22(27)3)38(35,36)25-13-8-7-9-14-25/h7-18,26H,6,19-20H2,1-5H3,(H,30,34)/t26-/m1/s1. The van der Waals surface area contributed by atoms with Crippen LogP contribution < -0.4 is 14.4 Å². The molecular weight excluding hydrogens is 502 g/mol. The molecule has 9 heteroatoms. The molecule has 0 radical (unpaired) electrons. The molecule has 8 nitrogen and oxygen atoms in total. The molecule has 0 heterocycles. The maximum Gasteiger partial charge on any atom is 0.264 e. The van der Waals surface area contributed by atoms with Gasteiger partial charge in [-0.25, -0.2) is 8.42 Å². The molecule has 0 aliphatic carbocycles. The number of hydrogen-bond acceptors (Lipinski definition) is 5. The van der Waals surface area contributed by atoms with Gasteiger partial charge in [0, 0.05) is 13.6 Å². The maximum absolute atomic E-state index is 14.0. The fourth-order valence-electron chi connectivity index (χ4n) is 4.37. The Kier molecular flexibility index (Phi) is 9.52. The van der Waals surface area contributed by atoms with Gasteiger partial charge in [-0.2, -0.15) is 0 Å². The molecule has 0 fully saturated rings. The summed E-state index contributed by atoms with van der Waals surface area (Å²) in [6.07, 6.45) is 0.352. The van der Waals surface area contributed by atoms with E-state index in [4.69, 9.17) is 4.74 Å². The van der Waals surface area contributed by atoms with E-state index in [1.54, 1.807) is 49.6 Å². The van der Waals surface area contributed by atoms with Crippen molar-refractivity contribution in [2.24, 2.45) is 0 Å². The smallest absolute Gasteiger partial charge is 0.264 e. The number of benzene rings is 3. The number of carbonyl (C=O) groups is 2. The molecule has 1 atom stereocenters. The summed E-state index contributed by atoms with van der Waals surface area (Å²) in [4.78, 5) is 28.3. The molecule has 38 heavy (non-hydrogen) atoms. The number of anilines is 1. The molecule has 202 valence electrons. The molecule has 2 amide bonds. The van der Waals surface area contributed by atoms with Crippen LogP contribution in [-0.4, -0.2) is 51.9 Å². The molecule has 3 aromatic carbocycles. The first kappa shape index (κ1) is 28.7. The minimum Gasteiger partial charge on any atom is -0.497 e. The van der Waals surface area contributed by atoms with Crippen molar-refractivity contribution in [1.29, 1.82) is 0 Å². The largest absolute Gasteiger partial charge is 0.497 e. The number of methoxy groups -OCH3 is 1. The van der Waals surface area contributed by atoms with Crippen LogP contribution in [0.3, 0.4) is 0 Å². The van der Waals surface area contributed by atoms with Crippen LogP contribution in [0.5, 0.6) is 5.75 Å². The first-order chi connectivity index (χ1) is 18.1. The number of aryl methyl sites for hydroxylation is 2. The summed E-state index contributed by atoms with van der Waals surface area (Å²) in [7, 11) is -1.03. The van der Waals surface area contributed by atoms with Crippen LogP contribution in [0.2, 0.25) is 0 Å². The van der Waals surface area contributed by atoms with E-state index in [0.717, 1.165) is 21.0 Å². The topological polar surface area (TPSA) is 96.0 Å². The minimum absolute atomic E-state index is 0.0745. The number of rotatable bonds is 11. The Balaban J connectivity index is 2.09. The summed E-state index contributed by atoms with van der Waals surface area (Å²) in [5.74, 6) is -0.207. The molecule has 0 unspecified atom stereocenters. The lowest BCUT2D eigenvalue weighted by molar-refractivity contribution is -0.140. The Morgan fingerprint density at radius 1 is 0.974 bits per heavy atom. The highest BCUT2D eigenvalue weighted by Gasteiger charge is 2.33. The molecule has 3 aromatic rings. The second kappa shape index (κ2) is 12.6. The Hall–Kier alpha value is -3.85. The summed E-state index contributed by atoms with van der Waals surface area (Å²) < 4.78 is 34.2. The maximum atomic E-state index is 14.0. The molecule has 0 aromatic heterocycles. The second-order valence-corrected chi connectivity index (χ2v) is 10.9. The van der Waals surface area contributed by atoms with Crippen LogP contribution in [0.15, 0.2) is 77.7 Å². The molecule has 1 N–H and O–H groups in total. The monoisotopic (exact) mass is 537 g/mol. The SMILES string of the molecule is CC[C@H](C(=O)NC)N(Cc1cccc(OC)c1)C(=O)CN(c1ccc(C)cc1C)S(=O)(=O)c1ccccc1. The predicted octanol–water partition coefficient (Wildman–Crippen LogP) is 4.06. The normalized spacial score (nSPS) is 11.9. The molecule has 0 saturated heterocycles. The third-order valence-corrected chi connectivity index (χ3v) is 8.12. The van der Waals surface area contributed by atoms with Crippen molar-refractivity contribution >= 4 is 27.5 Å². The zero-order valence-electron chi connectivity index (χ0n) is 22.5. The van der Waals surface area contributed by atoms with Crippen LogP contribution in [0.4, 0.5) is 5.69 Å². The van der Waals surface area contributed by atoms with Gasteiger partial charge in [-0.1, -0.05) is 55.0 Å². The molecule has 0 bridgehead atoms. The van der Waals surface area contributed by atoms with E-state index in [0.29, 0.717) is 17.9 Å². The summed E-state index contributed by atoms with van der Waals surface area (Å²) in [5, 5.41) is 2.63. The third-order valence-electron chi connectivity index (χ3n) is 6.35. The van der Waals surface area contributed by atoms with Gasteiger partial charge >= 0.3 is 0 Å². The average Bonchev–Trinajstić information content (AvgIpc) is 2.92. The molecule has 0 saturated carbocycles. The van der Waals surface area contributed by atoms with Crippen molar-refractivity contribution in [1.82, 2.24) is 10.2 Å². The number of ether oxygens (including phenoxy) is 1. The van der Waals surface area contributed by atoms with Crippen LogP contribution >= 0.6 is 0 Å². The fourth-order valence-corrected chi connectivity index (χ4v) is 5.87. The summed E-state index contributed by atoms with van der Waals surface area (Å²) in [6.45, 7) is 5.18. The Labute approximate surface area is 225 Å². The van der Waals surface area contributed by atoms with E-state index in [1.807, 2.05) is 39.0 Å². The number of amides is 2. The second-order valence-electron chi connectivity index (χ2n) is 9.03. The first-order valence-corrected chi connectivity index (χ1v) is 13.8. The fraction of sp³-hybridized carbons (Fsp3) is 0.310. The number of sulfonamides is 1. The van der Waals surface area contributed by atoms with Gasteiger partial charge in [0.15, 0.2) is 0 Å². The minimum atomic E-state index is -4.09. The van der Waals surface area contributed by atoms with Crippen molar-refractivity contribution in [2.75, 3.05) is 25.0 Å². The van der Waals surface area contributed by atoms with Crippen LogP contribution in [0.25, 0.3) is 0 Å². The number of likely N-dealkylation sites (N-methyl/N-ethyl adjacent to an activating group) is 1.